The third kappa shape index (κ3) is 2.30. The number of nitrogens with zero attached hydrogens (tertiary/aromatic N) is 2. The van der Waals surface area contributed by atoms with Gasteiger partial charge in [-0.05, 0) is 24.3 Å². The number of anilines is 1. The Morgan fingerprint density at radius 1 is 1.09 bits per heavy atom. The topological polar surface area (TPSA) is 60.9 Å². The van der Waals surface area contributed by atoms with E-state index >= 15 is 0 Å². The van der Waals surface area contributed by atoms with Gasteiger partial charge in [-0.15, -0.1) is 0 Å². The van der Waals surface area contributed by atoms with E-state index in [1.165, 1.54) is 18.3 Å². The predicted molar refractivity (Wildman–Crippen MR) is 76.8 cm³/mol. The van der Waals surface area contributed by atoms with Crippen LogP contribution in [0, 0.1) is 0 Å². The van der Waals surface area contributed by atoms with Crippen LogP contribution in [0.5, 0.6) is 0 Å². The number of nitrogens with two attached hydrogens (primary N) is 1. The fourth-order valence-corrected chi connectivity index (χ4v) is 2.22. The normalized spacial score (nSPS) is 11.8. The summed E-state index contributed by atoms with van der Waals surface area (Å²) < 4.78 is 39.2. The summed E-state index contributed by atoms with van der Waals surface area (Å²) in [5.41, 5.74) is 4.66. The van der Waals surface area contributed by atoms with E-state index < -0.39 is 17.3 Å². The molecule has 0 saturated heterocycles. The maximum absolute atomic E-state index is 12.8. The Labute approximate surface area is 122 Å². The molecule has 0 bridgehead atoms. The molecule has 112 valence electrons. The SMILES string of the molecule is Nc1cccc2cnn(-c3cccc(C(F)(F)F)c3)c(=O)c12. The standard InChI is InChI=1S/C15H10F3N3O/c16-15(17,18)10-4-2-5-11(7-10)21-14(22)13-9(8-20-21)3-1-6-12(13)19/h1-8H,19H2. The quantitative estimate of drug-likeness (QED) is 0.703. The Bertz CT molecular complexity index is 916. The van der Waals surface area contributed by atoms with Gasteiger partial charge in [0.05, 0.1) is 22.8 Å². The first-order valence-electron chi connectivity index (χ1n) is 6.32. The first-order valence-corrected chi connectivity index (χ1v) is 6.32. The highest BCUT2D eigenvalue weighted by atomic mass is 19.4. The minimum absolute atomic E-state index is 0.0324. The van der Waals surface area contributed by atoms with Gasteiger partial charge in [-0.3, -0.25) is 4.79 Å². The maximum atomic E-state index is 12.8. The van der Waals surface area contributed by atoms with Crippen LogP contribution >= 0.6 is 0 Å². The van der Waals surface area contributed by atoms with Crippen LogP contribution in [0.25, 0.3) is 16.5 Å². The van der Waals surface area contributed by atoms with Gasteiger partial charge in [0.15, 0.2) is 0 Å². The first-order chi connectivity index (χ1) is 10.4. The van der Waals surface area contributed by atoms with Gasteiger partial charge in [0, 0.05) is 11.1 Å². The van der Waals surface area contributed by atoms with Crippen LogP contribution in [0.3, 0.4) is 0 Å². The minimum Gasteiger partial charge on any atom is -0.398 e. The molecule has 0 spiro atoms. The number of aromatic nitrogens is 2. The van der Waals surface area contributed by atoms with Crippen molar-refractivity contribution in [3.63, 3.8) is 0 Å². The summed E-state index contributed by atoms with van der Waals surface area (Å²) in [5, 5.41) is 4.69. The Kier molecular flexibility index (Phi) is 3.13. The van der Waals surface area contributed by atoms with Crippen LogP contribution in [0.1, 0.15) is 5.56 Å². The first kappa shape index (κ1) is 14.1. The molecule has 2 aromatic carbocycles. The summed E-state index contributed by atoms with van der Waals surface area (Å²) in [6.07, 6.45) is -3.09. The van der Waals surface area contributed by atoms with Crippen LogP contribution in [-0.2, 0) is 6.18 Å². The third-order valence-corrected chi connectivity index (χ3v) is 3.27. The van der Waals surface area contributed by atoms with Crippen molar-refractivity contribution in [1.29, 1.82) is 0 Å². The van der Waals surface area contributed by atoms with E-state index in [0.29, 0.717) is 5.39 Å². The summed E-state index contributed by atoms with van der Waals surface area (Å²) in [7, 11) is 0. The fraction of sp³-hybridized carbons (Fsp3) is 0.0667. The number of nitrogen functional groups attached to an aromatic ring is 1. The predicted octanol–water partition coefficient (Wildman–Crippen LogP) is 2.99. The van der Waals surface area contributed by atoms with Crippen molar-refractivity contribution in [3.8, 4) is 5.69 Å². The lowest BCUT2D eigenvalue weighted by atomic mass is 10.1. The van der Waals surface area contributed by atoms with E-state index in [2.05, 4.69) is 5.10 Å². The molecule has 0 amide bonds. The molecule has 1 heterocycles. The van der Waals surface area contributed by atoms with E-state index in [0.717, 1.165) is 16.8 Å². The average molecular weight is 305 g/mol. The lowest BCUT2D eigenvalue weighted by molar-refractivity contribution is -0.137. The molecule has 22 heavy (non-hydrogen) atoms. The molecule has 0 saturated carbocycles. The molecule has 0 radical (unpaired) electrons. The lowest BCUT2D eigenvalue weighted by Gasteiger charge is -2.10. The molecular weight excluding hydrogens is 295 g/mol. The van der Waals surface area contributed by atoms with E-state index in [4.69, 9.17) is 5.73 Å². The number of hydrogen-bond acceptors (Lipinski definition) is 3. The Hall–Kier alpha value is -2.83. The van der Waals surface area contributed by atoms with Gasteiger partial charge >= 0.3 is 6.18 Å². The zero-order chi connectivity index (χ0) is 15.9. The van der Waals surface area contributed by atoms with Gasteiger partial charge in [0.25, 0.3) is 5.56 Å². The van der Waals surface area contributed by atoms with E-state index in [1.54, 1.807) is 18.2 Å². The van der Waals surface area contributed by atoms with E-state index in [1.807, 2.05) is 0 Å². The Balaban J connectivity index is 2.26. The lowest BCUT2D eigenvalue weighted by Crippen LogP contribution is -2.22. The molecule has 2 N–H and O–H groups in total. The monoisotopic (exact) mass is 305 g/mol. The smallest absolute Gasteiger partial charge is 0.398 e. The van der Waals surface area contributed by atoms with Gasteiger partial charge in [-0.25, -0.2) is 0 Å². The zero-order valence-electron chi connectivity index (χ0n) is 11.1. The summed E-state index contributed by atoms with van der Waals surface area (Å²) in [6, 6.07) is 9.31. The zero-order valence-corrected chi connectivity index (χ0v) is 11.1. The fourth-order valence-electron chi connectivity index (χ4n) is 2.22. The average Bonchev–Trinajstić information content (AvgIpc) is 2.47. The number of benzene rings is 2. The molecule has 0 aliphatic carbocycles. The summed E-state index contributed by atoms with van der Waals surface area (Å²) in [5.74, 6) is 0. The number of rotatable bonds is 1. The molecule has 1 aromatic heterocycles. The molecule has 3 rings (SSSR count). The van der Waals surface area contributed by atoms with Crippen LogP contribution in [-0.4, -0.2) is 9.78 Å². The largest absolute Gasteiger partial charge is 0.416 e. The second kappa shape index (κ2) is 4.87. The Morgan fingerprint density at radius 2 is 1.82 bits per heavy atom. The van der Waals surface area contributed by atoms with Crippen molar-refractivity contribution in [3.05, 3.63) is 64.6 Å². The van der Waals surface area contributed by atoms with Crippen LogP contribution in [0.15, 0.2) is 53.5 Å². The molecule has 3 aromatic rings. The number of halogens is 3. The van der Waals surface area contributed by atoms with Gasteiger partial charge in [-0.2, -0.15) is 23.0 Å². The Morgan fingerprint density at radius 3 is 2.55 bits per heavy atom. The third-order valence-electron chi connectivity index (χ3n) is 3.27. The van der Waals surface area contributed by atoms with Gasteiger partial charge in [0.1, 0.15) is 0 Å². The van der Waals surface area contributed by atoms with Crippen molar-refractivity contribution in [1.82, 2.24) is 9.78 Å². The molecule has 0 aliphatic rings. The van der Waals surface area contributed by atoms with Crippen LogP contribution in [0.4, 0.5) is 18.9 Å². The van der Waals surface area contributed by atoms with Crippen molar-refractivity contribution in [2.75, 3.05) is 5.73 Å². The minimum atomic E-state index is -4.49. The van der Waals surface area contributed by atoms with Gasteiger partial charge in [-0.1, -0.05) is 18.2 Å². The number of fused-ring (bicyclic) bond motifs is 1. The second-order valence-electron chi connectivity index (χ2n) is 4.72. The second-order valence-corrected chi connectivity index (χ2v) is 4.72. The van der Waals surface area contributed by atoms with Gasteiger partial charge < -0.3 is 5.73 Å². The highest BCUT2D eigenvalue weighted by Crippen LogP contribution is 2.30. The maximum Gasteiger partial charge on any atom is 0.416 e. The molecule has 7 heteroatoms. The van der Waals surface area contributed by atoms with Crippen LogP contribution < -0.4 is 11.3 Å². The highest BCUT2D eigenvalue weighted by Gasteiger charge is 2.30. The van der Waals surface area contributed by atoms with Crippen molar-refractivity contribution < 1.29 is 13.2 Å². The molecule has 0 fully saturated rings. The number of alkyl halides is 3. The highest BCUT2D eigenvalue weighted by molar-refractivity contribution is 5.91. The van der Waals surface area contributed by atoms with Crippen molar-refractivity contribution in [2.45, 2.75) is 6.18 Å². The summed E-state index contributed by atoms with van der Waals surface area (Å²) in [6.45, 7) is 0. The molecular formula is C15H10F3N3O. The summed E-state index contributed by atoms with van der Waals surface area (Å²) in [4.78, 5) is 12.4. The van der Waals surface area contributed by atoms with Crippen molar-refractivity contribution >= 4 is 16.5 Å². The van der Waals surface area contributed by atoms with Crippen LogP contribution in [0.2, 0.25) is 0 Å². The number of hydrogen-bond donors (Lipinski definition) is 1. The molecule has 0 aliphatic heterocycles. The van der Waals surface area contributed by atoms with Crippen molar-refractivity contribution in [2.24, 2.45) is 0 Å². The van der Waals surface area contributed by atoms with E-state index in [-0.39, 0.29) is 16.8 Å². The van der Waals surface area contributed by atoms with Gasteiger partial charge in [0.2, 0.25) is 0 Å². The summed E-state index contributed by atoms with van der Waals surface area (Å²) >= 11 is 0. The molecule has 0 atom stereocenters. The molecule has 4 nitrogen and oxygen atoms in total. The molecule has 0 unspecified atom stereocenters. The van der Waals surface area contributed by atoms with E-state index in [9.17, 15) is 18.0 Å².